The third-order valence-electron chi connectivity index (χ3n) is 5.58. The highest BCUT2D eigenvalue weighted by molar-refractivity contribution is 7.11. The van der Waals surface area contributed by atoms with Gasteiger partial charge in [0.15, 0.2) is 0 Å². The van der Waals surface area contributed by atoms with Crippen molar-refractivity contribution in [2.24, 2.45) is 0 Å². The lowest BCUT2D eigenvalue weighted by Gasteiger charge is -2.35. The number of benzene rings is 1. The number of fused-ring (bicyclic) bond motifs is 1. The van der Waals surface area contributed by atoms with Gasteiger partial charge >= 0.3 is 0 Å². The van der Waals surface area contributed by atoms with Crippen LogP contribution in [0.4, 0.5) is 4.39 Å². The fraction of sp³-hybridized carbons (Fsp3) is 0.381. The van der Waals surface area contributed by atoms with Gasteiger partial charge in [0.25, 0.3) is 0 Å². The molecule has 0 amide bonds. The Bertz CT molecular complexity index is 981. The molecule has 0 radical (unpaired) electrons. The number of halogens is 1. The summed E-state index contributed by atoms with van der Waals surface area (Å²) in [7, 11) is 0. The van der Waals surface area contributed by atoms with Crippen molar-refractivity contribution in [2.45, 2.75) is 38.6 Å². The summed E-state index contributed by atoms with van der Waals surface area (Å²) in [5, 5.41) is 0. The summed E-state index contributed by atoms with van der Waals surface area (Å²) < 4.78 is 22.2. The van der Waals surface area contributed by atoms with Gasteiger partial charge in [-0.2, -0.15) is 0 Å². The molecule has 1 fully saturated rings. The van der Waals surface area contributed by atoms with Crippen LogP contribution >= 0.6 is 11.3 Å². The van der Waals surface area contributed by atoms with Crippen molar-refractivity contribution in [1.82, 2.24) is 14.5 Å². The highest BCUT2D eigenvalue weighted by atomic mass is 32.1. The zero-order valence-corrected chi connectivity index (χ0v) is 16.1. The van der Waals surface area contributed by atoms with E-state index < -0.39 is 0 Å². The summed E-state index contributed by atoms with van der Waals surface area (Å²) >= 11 is 1.87. The first kappa shape index (κ1) is 17.1. The molecule has 0 N–H and O–H groups in total. The maximum absolute atomic E-state index is 13.7. The fourth-order valence-corrected chi connectivity index (χ4v) is 5.17. The van der Waals surface area contributed by atoms with E-state index in [0.29, 0.717) is 6.61 Å². The molecule has 140 valence electrons. The molecule has 4 nitrogen and oxygen atoms in total. The molecule has 4 heterocycles. The van der Waals surface area contributed by atoms with Crippen LogP contribution in [0.5, 0.6) is 0 Å². The van der Waals surface area contributed by atoms with E-state index in [1.165, 1.54) is 15.8 Å². The summed E-state index contributed by atoms with van der Waals surface area (Å²) in [6.07, 6.45) is 2.85. The minimum absolute atomic E-state index is 0.178. The number of aryl methyl sites for hydroxylation is 1. The lowest BCUT2D eigenvalue weighted by atomic mass is 10.0. The minimum atomic E-state index is -0.219. The molecule has 1 atom stereocenters. The predicted octanol–water partition coefficient (Wildman–Crippen LogP) is 4.23. The Kier molecular flexibility index (Phi) is 4.15. The molecule has 3 aromatic rings. The van der Waals surface area contributed by atoms with Gasteiger partial charge in [0.2, 0.25) is 0 Å². The summed E-state index contributed by atoms with van der Waals surface area (Å²) in [6.45, 7) is 6.38. The van der Waals surface area contributed by atoms with E-state index in [9.17, 15) is 4.39 Å². The van der Waals surface area contributed by atoms with Crippen LogP contribution in [0.15, 0.2) is 42.6 Å². The topological polar surface area (TPSA) is 30.3 Å². The van der Waals surface area contributed by atoms with Gasteiger partial charge in [0, 0.05) is 35.0 Å². The van der Waals surface area contributed by atoms with Crippen molar-refractivity contribution in [3.05, 3.63) is 64.0 Å². The SMILES string of the molecule is Cc1ccc(CN2CC[C@@]3(C2)Cn2c(-c4cccc(F)c4)cnc2CO3)s1. The largest absolute Gasteiger partial charge is 0.364 e. The first-order chi connectivity index (χ1) is 13.1. The highest BCUT2D eigenvalue weighted by Gasteiger charge is 2.43. The number of nitrogens with zero attached hydrogens (tertiary/aromatic N) is 3. The molecule has 1 saturated heterocycles. The highest BCUT2D eigenvalue weighted by Crippen LogP contribution is 2.36. The number of hydrogen-bond acceptors (Lipinski definition) is 4. The third kappa shape index (κ3) is 3.22. The molecule has 0 saturated carbocycles. The molecule has 0 unspecified atom stereocenters. The van der Waals surface area contributed by atoms with Crippen LogP contribution in [0, 0.1) is 12.7 Å². The van der Waals surface area contributed by atoms with Crippen molar-refractivity contribution in [3.63, 3.8) is 0 Å². The molecule has 0 bridgehead atoms. The average Bonchev–Trinajstić information content (AvgIpc) is 3.35. The van der Waals surface area contributed by atoms with E-state index in [-0.39, 0.29) is 11.4 Å². The normalized spacial score (nSPS) is 22.4. The Morgan fingerprint density at radius 3 is 3.00 bits per heavy atom. The van der Waals surface area contributed by atoms with E-state index >= 15 is 0 Å². The monoisotopic (exact) mass is 383 g/mol. The molecular weight excluding hydrogens is 361 g/mol. The number of hydrogen-bond donors (Lipinski definition) is 0. The van der Waals surface area contributed by atoms with Crippen LogP contribution in [0.25, 0.3) is 11.3 Å². The van der Waals surface area contributed by atoms with Crippen molar-refractivity contribution in [3.8, 4) is 11.3 Å². The second-order valence-electron chi connectivity index (χ2n) is 7.60. The summed E-state index contributed by atoms with van der Waals surface area (Å²) in [4.78, 5) is 9.76. The number of likely N-dealkylation sites (tertiary alicyclic amines) is 1. The Morgan fingerprint density at radius 1 is 1.26 bits per heavy atom. The second kappa shape index (κ2) is 6.55. The van der Waals surface area contributed by atoms with Gasteiger partial charge in [-0.1, -0.05) is 12.1 Å². The maximum Gasteiger partial charge on any atom is 0.135 e. The van der Waals surface area contributed by atoms with Crippen molar-refractivity contribution < 1.29 is 9.13 Å². The Hall–Kier alpha value is -2.02. The van der Waals surface area contributed by atoms with Crippen molar-refractivity contribution in [1.29, 1.82) is 0 Å². The van der Waals surface area contributed by atoms with Crippen LogP contribution in [0.1, 0.15) is 22.0 Å². The van der Waals surface area contributed by atoms with Gasteiger partial charge in [-0.3, -0.25) is 4.90 Å². The lowest BCUT2D eigenvalue weighted by Crippen LogP contribution is -2.44. The Morgan fingerprint density at radius 2 is 2.19 bits per heavy atom. The van der Waals surface area contributed by atoms with E-state index in [4.69, 9.17) is 4.74 Å². The maximum atomic E-state index is 13.7. The van der Waals surface area contributed by atoms with Gasteiger partial charge in [0.05, 0.1) is 18.4 Å². The van der Waals surface area contributed by atoms with Gasteiger partial charge in [-0.15, -0.1) is 11.3 Å². The quantitative estimate of drug-likeness (QED) is 0.678. The number of aromatic nitrogens is 2. The number of ether oxygens (including phenoxy) is 1. The smallest absolute Gasteiger partial charge is 0.135 e. The van der Waals surface area contributed by atoms with Crippen molar-refractivity contribution in [2.75, 3.05) is 13.1 Å². The van der Waals surface area contributed by atoms with Crippen LogP contribution in [-0.2, 0) is 24.4 Å². The Labute approximate surface area is 162 Å². The first-order valence-electron chi connectivity index (χ1n) is 9.32. The number of thiophene rings is 1. The lowest BCUT2D eigenvalue weighted by molar-refractivity contribution is -0.0821. The molecular formula is C21H22FN3OS. The zero-order valence-electron chi connectivity index (χ0n) is 15.3. The molecule has 6 heteroatoms. The van der Waals surface area contributed by atoms with Gasteiger partial charge in [-0.25, -0.2) is 9.37 Å². The van der Waals surface area contributed by atoms with Gasteiger partial charge < -0.3 is 9.30 Å². The summed E-state index contributed by atoms with van der Waals surface area (Å²) in [5.74, 6) is 0.704. The number of rotatable bonds is 3. The van der Waals surface area contributed by atoms with Crippen LogP contribution < -0.4 is 0 Å². The van der Waals surface area contributed by atoms with Gasteiger partial charge in [-0.05, 0) is 37.6 Å². The molecule has 0 aliphatic carbocycles. The van der Waals surface area contributed by atoms with E-state index in [1.807, 2.05) is 23.6 Å². The van der Waals surface area contributed by atoms with E-state index in [2.05, 4.69) is 33.5 Å². The van der Waals surface area contributed by atoms with Crippen LogP contribution in [0.3, 0.4) is 0 Å². The standard InChI is InChI=1S/C21H22FN3OS/c1-15-5-6-18(27-15)11-24-8-7-21(13-24)14-25-19(10-23-20(25)12-26-21)16-3-2-4-17(22)9-16/h2-6,9-10H,7-8,11-14H2,1H3/t21-/m1/s1. The van der Waals surface area contributed by atoms with Crippen LogP contribution in [-0.4, -0.2) is 33.1 Å². The first-order valence-corrected chi connectivity index (χ1v) is 10.1. The van der Waals surface area contributed by atoms with Crippen LogP contribution in [0.2, 0.25) is 0 Å². The molecule has 2 aliphatic heterocycles. The van der Waals surface area contributed by atoms with Crippen molar-refractivity contribution >= 4 is 11.3 Å². The molecule has 5 rings (SSSR count). The summed E-state index contributed by atoms with van der Waals surface area (Å²) in [6, 6.07) is 11.2. The molecule has 27 heavy (non-hydrogen) atoms. The Balaban J connectivity index is 1.37. The summed E-state index contributed by atoms with van der Waals surface area (Å²) in [5.41, 5.74) is 1.66. The van der Waals surface area contributed by atoms with Gasteiger partial charge in [0.1, 0.15) is 23.8 Å². The van der Waals surface area contributed by atoms with E-state index in [0.717, 1.165) is 49.7 Å². The minimum Gasteiger partial charge on any atom is -0.364 e. The fourth-order valence-electron chi connectivity index (χ4n) is 4.24. The molecule has 2 aromatic heterocycles. The zero-order chi connectivity index (χ0) is 18.4. The molecule has 1 aromatic carbocycles. The molecule has 2 aliphatic rings. The number of imidazole rings is 1. The predicted molar refractivity (Wildman–Crippen MR) is 104 cm³/mol. The molecule has 1 spiro atoms. The third-order valence-corrected chi connectivity index (χ3v) is 6.57. The average molecular weight is 383 g/mol. The van der Waals surface area contributed by atoms with E-state index in [1.54, 1.807) is 12.1 Å². The second-order valence-corrected chi connectivity index (χ2v) is 8.97.